The summed E-state index contributed by atoms with van der Waals surface area (Å²) < 4.78 is 0.583. The van der Waals surface area contributed by atoms with Crippen molar-refractivity contribution in [2.75, 3.05) is 0 Å². The number of aromatic amines is 1. The van der Waals surface area contributed by atoms with E-state index in [0.29, 0.717) is 15.5 Å². The van der Waals surface area contributed by atoms with Crippen LogP contribution in [0.25, 0.3) is 22.3 Å². The van der Waals surface area contributed by atoms with Crippen LogP contribution in [0.2, 0.25) is 5.02 Å². The Bertz CT molecular complexity index is 780. The van der Waals surface area contributed by atoms with E-state index in [1.807, 2.05) is 48.5 Å². The van der Waals surface area contributed by atoms with E-state index in [1.54, 1.807) is 0 Å². The molecule has 0 unspecified atom stereocenters. The van der Waals surface area contributed by atoms with Crippen molar-refractivity contribution in [1.29, 1.82) is 0 Å². The Morgan fingerprint density at radius 2 is 1.72 bits per heavy atom. The lowest BCUT2D eigenvalue weighted by molar-refractivity contribution is 1.21. The summed E-state index contributed by atoms with van der Waals surface area (Å²) in [7, 11) is 0. The fourth-order valence-corrected chi connectivity index (χ4v) is 2.37. The largest absolute Gasteiger partial charge is 0.339 e. The summed E-state index contributed by atoms with van der Waals surface area (Å²) in [5, 5.41) is 1.61. The quantitative estimate of drug-likeness (QED) is 0.655. The SMILES string of the molecule is S=c1nc(-c2ccccc2Cl)[nH]c2ccccc12. The molecule has 0 spiro atoms. The number of hydrogen-bond donors (Lipinski definition) is 1. The van der Waals surface area contributed by atoms with Gasteiger partial charge in [-0.3, -0.25) is 0 Å². The summed E-state index contributed by atoms with van der Waals surface area (Å²) in [4.78, 5) is 7.67. The maximum Gasteiger partial charge on any atom is 0.140 e. The lowest BCUT2D eigenvalue weighted by Crippen LogP contribution is -1.92. The van der Waals surface area contributed by atoms with E-state index in [0.717, 1.165) is 16.5 Å². The Hall–Kier alpha value is -1.71. The van der Waals surface area contributed by atoms with Gasteiger partial charge in [-0.25, -0.2) is 4.98 Å². The Morgan fingerprint density at radius 1 is 1.00 bits per heavy atom. The fourth-order valence-electron chi connectivity index (χ4n) is 1.88. The molecule has 0 saturated heterocycles. The van der Waals surface area contributed by atoms with Crippen LogP contribution in [-0.4, -0.2) is 9.97 Å². The minimum atomic E-state index is 0.583. The van der Waals surface area contributed by atoms with Crippen molar-refractivity contribution in [3.05, 3.63) is 58.2 Å². The van der Waals surface area contributed by atoms with Crippen molar-refractivity contribution in [3.8, 4) is 11.4 Å². The highest BCUT2D eigenvalue weighted by molar-refractivity contribution is 7.71. The molecule has 0 aliphatic rings. The molecule has 0 fully saturated rings. The molecule has 2 aromatic carbocycles. The maximum atomic E-state index is 6.17. The molecule has 0 atom stereocenters. The van der Waals surface area contributed by atoms with Crippen molar-refractivity contribution in [3.63, 3.8) is 0 Å². The van der Waals surface area contributed by atoms with Gasteiger partial charge in [0.15, 0.2) is 0 Å². The minimum absolute atomic E-state index is 0.583. The lowest BCUT2D eigenvalue weighted by Gasteiger charge is -2.05. The first kappa shape index (κ1) is 11.4. The summed E-state index contributed by atoms with van der Waals surface area (Å²) in [6.07, 6.45) is 0. The van der Waals surface area contributed by atoms with Crippen molar-refractivity contribution in [2.24, 2.45) is 0 Å². The van der Waals surface area contributed by atoms with Crippen molar-refractivity contribution in [1.82, 2.24) is 9.97 Å². The monoisotopic (exact) mass is 272 g/mol. The molecule has 88 valence electrons. The molecule has 1 heterocycles. The highest BCUT2D eigenvalue weighted by Crippen LogP contribution is 2.26. The summed E-state index contributed by atoms with van der Waals surface area (Å²) in [6, 6.07) is 15.4. The molecule has 1 aromatic heterocycles. The molecular weight excluding hydrogens is 264 g/mol. The number of rotatable bonds is 1. The topological polar surface area (TPSA) is 28.7 Å². The van der Waals surface area contributed by atoms with Crippen LogP contribution in [0.1, 0.15) is 0 Å². The average Bonchev–Trinajstić information content (AvgIpc) is 2.39. The Balaban J connectivity index is 2.32. The lowest BCUT2D eigenvalue weighted by atomic mass is 10.2. The van der Waals surface area contributed by atoms with Crippen LogP contribution in [0, 0.1) is 4.64 Å². The number of H-pyrrole nitrogens is 1. The molecule has 18 heavy (non-hydrogen) atoms. The molecule has 0 saturated carbocycles. The van der Waals surface area contributed by atoms with Gasteiger partial charge >= 0.3 is 0 Å². The van der Waals surface area contributed by atoms with Gasteiger partial charge in [-0.15, -0.1) is 0 Å². The van der Waals surface area contributed by atoms with Gasteiger partial charge in [-0.05, 0) is 24.3 Å². The van der Waals surface area contributed by atoms with E-state index >= 15 is 0 Å². The second-order valence-corrected chi connectivity index (χ2v) is 4.71. The molecule has 0 radical (unpaired) electrons. The smallest absolute Gasteiger partial charge is 0.140 e. The molecule has 0 aliphatic heterocycles. The van der Waals surface area contributed by atoms with E-state index in [-0.39, 0.29) is 0 Å². The van der Waals surface area contributed by atoms with Crippen molar-refractivity contribution in [2.45, 2.75) is 0 Å². The number of nitrogens with one attached hydrogen (secondary N) is 1. The number of aromatic nitrogens is 2. The van der Waals surface area contributed by atoms with Gasteiger partial charge in [0.05, 0.1) is 5.02 Å². The standard InChI is InChI=1S/C14H9ClN2S/c15-11-7-3-1-5-9(11)13-16-12-8-4-2-6-10(12)14(18)17-13/h1-8H,(H,16,17,18). The predicted molar refractivity (Wildman–Crippen MR) is 77.4 cm³/mol. The highest BCUT2D eigenvalue weighted by Gasteiger charge is 2.06. The number of nitrogens with zero attached hydrogens (tertiary/aromatic N) is 1. The van der Waals surface area contributed by atoms with E-state index in [4.69, 9.17) is 23.8 Å². The van der Waals surface area contributed by atoms with E-state index < -0.39 is 0 Å². The second-order valence-electron chi connectivity index (χ2n) is 3.92. The first-order valence-corrected chi connectivity index (χ1v) is 6.28. The van der Waals surface area contributed by atoms with E-state index in [1.165, 1.54) is 0 Å². The molecule has 3 aromatic rings. The highest BCUT2D eigenvalue weighted by atomic mass is 35.5. The van der Waals surface area contributed by atoms with Crippen LogP contribution in [-0.2, 0) is 0 Å². The van der Waals surface area contributed by atoms with Crippen molar-refractivity contribution >= 4 is 34.7 Å². The normalized spacial score (nSPS) is 10.7. The third-order valence-electron chi connectivity index (χ3n) is 2.75. The summed E-state index contributed by atoms with van der Waals surface area (Å²) in [5.41, 5.74) is 1.82. The molecule has 4 heteroatoms. The number of hydrogen-bond acceptors (Lipinski definition) is 2. The number of benzene rings is 2. The van der Waals surface area contributed by atoms with Crippen LogP contribution < -0.4 is 0 Å². The minimum Gasteiger partial charge on any atom is -0.339 e. The van der Waals surface area contributed by atoms with Gasteiger partial charge in [-0.1, -0.05) is 48.1 Å². The average molecular weight is 273 g/mol. The summed E-state index contributed by atoms with van der Waals surface area (Å²) in [6.45, 7) is 0. The molecule has 0 bridgehead atoms. The Labute approximate surface area is 114 Å². The van der Waals surface area contributed by atoms with Crippen LogP contribution in [0.3, 0.4) is 0 Å². The maximum absolute atomic E-state index is 6.17. The first-order valence-electron chi connectivity index (χ1n) is 5.50. The molecule has 2 nitrogen and oxygen atoms in total. The Kier molecular flexibility index (Phi) is 2.86. The zero-order chi connectivity index (χ0) is 12.5. The van der Waals surface area contributed by atoms with Gasteiger partial charge < -0.3 is 4.98 Å². The van der Waals surface area contributed by atoms with Gasteiger partial charge in [-0.2, -0.15) is 0 Å². The number of halogens is 1. The zero-order valence-corrected chi connectivity index (χ0v) is 10.9. The van der Waals surface area contributed by atoms with Crippen molar-refractivity contribution < 1.29 is 0 Å². The van der Waals surface area contributed by atoms with Crippen LogP contribution >= 0.6 is 23.8 Å². The number of fused-ring (bicyclic) bond motifs is 1. The molecule has 0 aliphatic carbocycles. The third-order valence-corrected chi connectivity index (χ3v) is 3.39. The molecule has 1 N–H and O–H groups in total. The van der Waals surface area contributed by atoms with E-state index in [2.05, 4.69) is 9.97 Å². The second kappa shape index (κ2) is 4.52. The summed E-state index contributed by atoms with van der Waals surface area (Å²) >= 11 is 11.5. The predicted octanol–water partition coefficient (Wildman–Crippen LogP) is 4.61. The van der Waals surface area contributed by atoms with Crippen LogP contribution in [0.5, 0.6) is 0 Å². The van der Waals surface area contributed by atoms with Crippen LogP contribution in [0.4, 0.5) is 0 Å². The summed E-state index contributed by atoms with van der Waals surface area (Å²) in [5.74, 6) is 0.698. The van der Waals surface area contributed by atoms with Gasteiger partial charge in [0.25, 0.3) is 0 Å². The number of para-hydroxylation sites is 1. The van der Waals surface area contributed by atoms with Crippen LogP contribution in [0.15, 0.2) is 48.5 Å². The van der Waals surface area contributed by atoms with E-state index in [9.17, 15) is 0 Å². The Morgan fingerprint density at radius 3 is 2.56 bits per heavy atom. The van der Waals surface area contributed by atoms with Gasteiger partial charge in [0.2, 0.25) is 0 Å². The molecule has 3 rings (SSSR count). The van der Waals surface area contributed by atoms with Gasteiger partial charge in [0.1, 0.15) is 10.5 Å². The third kappa shape index (κ3) is 1.92. The molecule has 0 amide bonds. The zero-order valence-electron chi connectivity index (χ0n) is 9.35. The first-order chi connectivity index (χ1) is 8.75. The molecular formula is C14H9ClN2S. The van der Waals surface area contributed by atoms with Gasteiger partial charge in [0, 0.05) is 16.5 Å². The fraction of sp³-hybridized carbons (Fsp3) is 0.